The molecule has 0 saturated heterocycles. The van der Waals surface area contributed by atoms with Crippen LogP contribution in [0, 0.1) is 0 Å². The Kier molecular flexibility index (Phi) is 4.64. The van der Waals surface area contributed by atoms with Crippen LogP contribution in [0.1, 0.15) is 46.0 Å². The summed E-state index contributed by atoms with van der Waals surface area (Å²) in [5.41, 5.74) is 0.239. The molecule has 0 radical (unpaired) electrons. The van der Waals surface area contributed by atoms with E-state index in [2.05, 4.69) is 21.8 Å². The molecular weight excluding hydrogens is 226 g/mol. The molecule has 1 fully saturated rings. The fraction of sp³-hybridized carbons (Fsp3) is 0.786. The number of aryl methyl sites for hydroxylation is 1. The Hall–Kier alpha value is -1.03. The molecule has 0 amide bonds. The van der Waals surface area contributed by atoms with Gasteiger partial charge in [-0.15, -0.1) is 0 Å². The zero-order valence-corrected chi connectivity index (χ0v) is 11.6. The normalized spacial score (nSPS) is 18.1. The van der Waals surface area contributed by atoms with Gasteiger partial charge in [0.15, 0.2) is 0 Å². The molecule has 0 aromatic carbocycles. The molecular formula is C14H25N3O. The highest BCUT2D eigenvalue weighted by molar-refractivity contribution is 5.31. The quantitative estimate of drug-likeness (QED) is 0.757. The van der Waals surface area contributed by atoms with E-state index in [1.54, 1.807) is 0 Å². The molecule has 0 aliphatic heterocycles. The molecule has 1 aromatic rings. The van der Waals surface area contributed by atoms with Crippen LogP contribution in [0.15, 0.2) is 12.4 Å². The Morgan fingerprint density at radius 2 is 2.22 bits per heavy atom. The van der Waals surface area contributed by atoms with Crippen molar-refractivity contribution in [3.8, 4) is 0 Å². The van der Waals surface area contributed by atoms with Crippen LogP contribution in [-0.2, 0) is 11.3 Å². The van der Waals surface area contributed by atoms with Crippen molar-refractivity contribution in [2.75, 3.05) is 18.5 Å². The van der Waals surface area contributed by atoms with Crippen molar-refractivity contribution in [3.05, 3.63) is 12.4 Å². The van der Waals surface area contributed by atoms with Crippen molar-refractivity contribution in [1.29, 1.82) is 0 Å². The van der Waals surface area contributed by atoms with E-state index in [-0.39, 0.29) is 5.54 Å². The second-order valence-electron chi connectivity index (χ2n) is 5.39. The van der Waals surface area contributed by atoms with Gasteiger partial charge in [-0.05, 0) is 33.1 Å². The number of hydrogen-bond donors (Lipinski definition) is 1. The second-order valence-corrected chi connectivity index (χ2v) is 5.39. The molecule has 1 aliphatic rings. The average molecular weight is 251 g/mol. The van der Waals surface area contributed by atoms with Gasteiger partial charge in [-0.1, -0.05) is 12.8 Å². The molecule has 1 saturated carbocycles. The molecule has 2 rings (SSSR count). The van der Waals surface area contributed by atoms with Gasteiger partial charge >= 0.3 is 0 Å². The van der Waals surface area contributed by atoms with Gasteiger partial charge in [0.05, 0.1) is 0 Å². The van der Waals surface area contributed by atoms with Crippen LogP contribution in [0.4, 0.5) is 5.95 Å². The van der Waals surface area contributed by atoms with E-state index in [1.807, 2.05) is 19.3 Å². The standard InChI is InChI=1S/C14H25N3O/c1-3-18-12-6-10-17-11-9-15-13(17)16-14(2)7-4-5-8-14/h9,11H,3-8,10,12H2,1-2H3,(H,15,16). The van der Waals surface area contributed by atoms with Gasteiger partial charge < -0.3 is 14.6 Å². The Bertz CT molecular complexity index is 356. The van der Waals surface area contributed by atoms with Crippen LogP contribution < -0.4 is 5.32 Å². The van der Waals surface area contributed by atoms with E-state index in [0.717, 1.165) is 32.1 Å². The van der Waals surface area contributed by atoms with Crippen molar-refractivity contribution in [2.45, 2.75) is 58.0 Å². The van der Waals surface area contributed by atoms with Crippen LogP contribution in [-0.4, -0.2) is 28.3 Å². The number of nitrogens with one attached hydrogen (secondary N) is 1. The van der Waals surface area contributed by atoms with Crippen LogP contribution in [0.5, 0.6) is 0 Å². The summed E-state index contributed by atoms with van der Waals surface area (Å²) < 4.78 is 7.57. The van der Waals surface area contributed by atoms with Gasteiger partial charge in [-0.2, -0.15) is 0 Å². The summed E-state index contributed by atoms with van der Waals surface area (Å²) >= 11 is 0. The Labute approximate surface area is 110 Å². The fourth-order valence-corrected chi connectivity index (χ4v) is 2.65. The van der Waals surface area contributed by atoms with Crippen LogP contribution in [0.25, 0.3) is 0 Å². The first kappa shape index (κ1) is 13.4. The molecule has 102 valence electrons. The van der Waals surface area contributed by atoms with Crippen molar-refractivity contribution in [1.82, 2.24) is 9.55 Å². The number of nitrogens with zero attached hydrogens (tertiary/aromatic N) is 2. The van der Waals surface area contributed by atoms with Crippen molar-refractivity contribution >= 4 is 5.95 Å². The Morgan fingerprint density at radius 3 is 2.94 bits per heavy atom. The lowest BCUT2D eigenvalue weighted by molar-refractivity contribution is 0.142. The molecule has 1 heterocycles. The van der Waals surface area contributed by atoms with Gasteiger partial charge in [0.2, 0.25) is 5.95 Å². The SMILES string of the molecule is CCOCCCn1ccnc1NC1(C)CCCC1. The summed E-state index contributed by atoms with van der Waals surface area (Å²) in [6, 6.07) is 0. The molecule has 0 spiro atoms. The van der Waals surface area contributed by atoms with Gasteiger partial charge in [0, 0.05) is 37.7 Å². The zero-order chi connectivity index (χ0) is 12.8. The minimum atomic E-state index is 0.239. The highest BCUT2D eigenvalue weighted by Gasteiger charge is 2.29. The van der Waals surface area contributed by atoms with Crippen molar-refractivity contribution < 1.29 is 4.74 Å². The molecule has 1 aromatic heterocycles. The molecule has 1 aliphatic carbocycles. The first-order chi connectivity index (χ1) is 8.73. The molecule has 4 heteroatoms. The highest BCUT2D eigenvalue weighted by Crippen LogP contribution is 2.32. The van der Waals surface area contributed by atoms with Crippen molar-refractivity contribution in [2.24, 2.45) is 0 Å². The minimum Gasteiger partial charge on any atom is -0.382 e. The van der Waals surface area contributed by atoms with E-state index in [0.29, 0.717) is 0 Å². The number of hydrogen-bond acceptors (Lipinski definition) is 3. The van der Waals surface area contributed by atoms with Crippen LogP contribution >= 0.6 is 0 Å². The maximum Gasteiger partial charge on any atom is 0.203 e. The van der Waals surface area contributed by atoms with Crippen LogP contribution in [0.2, 0.25) is 0 Å². The predicted octanol–water partition coefficient (Wildman–Crippen LogP) is 3.05. The highest BCUT2D eigenvalue weighted by atomic mass is 16.5. The van der Waals surface area contributed by atoms with Gasteiger partial charge in [-0.25, -0.2) is 4.98 Å². The summed E-state index contributed by atoms with van der Waals surface area (Å²) in [5, 5.41) is 3.62. The number of rotatable bonds is 7. The topological polar surface area (TPSA) is 39.1 Å². The van der Waals surface area contributed by atoms with E-state index >= 15 is 0 Å². The zero-order valence-electron chi connectivity index (χ0n) is 11.6. The smallest absolute Gasteiger partial charge is 0.203 e. The summed E-state index contributed by atoms with van der Waals surface area (Å²) in [5.74, 6) is 1.01. The molecule has 4 nitrogen and oxygen atoms in total. The third-order valence-corrected chi connectivity index (χ3v) is 3.73. The van der Waals surface area contributed by atoms with Crippen molar-refractivity contribution in [3.63, 3.8) is 0 Å². The first-order valence-corrected chi connectivity index (χ1v) is 7.10. The molecule has 1 N–H and O–H groups in total. The fourth-order valence-electron chi connectivity index (χ4n) is 2.65. The van der Waals surface area contributed by atoms with Crippen LogP contribution in [0.3, 0.4) is 0 Å². The lowest BCUT2D eigenvalue weighted by Crippen LogP contribution is -2.32. The largest absolute Gasteiger partial charge is 0.382 e. The maximum atomic E-state index is 5.37. The Balaban J connectivity index is 1.87. The molecule has 18 heavy (non-hydrogen) atoms. The van der Waals surface area contributed by atoms with E-state index in [9.17, 15) is 0 Å². The minimum absolute atomic E-state index is 0.239. The maximum absolute atomic E-state index is 5.37. The second kappa shape index (κ2) is 6.23. The lowest BCUT2D eigenvalue weighted by atomic mass is 10.0. The van der Waals surface area contributed by atoms with E-state index in [1.165, 1.54) is 25.7 Å². The third-order valence-electron chi connectivity index (χ3n) is 3.73. The molecule has 0 atom stereocenters. The van der Waals surface area contributed by atoms with E-state index in [4.69, 9.17) is 4.74 Å². The summed E-state index contributed by atoms with van der Waals surface area (Å²) in [6.45, 7) is 6.93. The molecule has 0 unspecified atom stereocenters. The van der Waals surface area contributed by atoms with Gasteiger partial charge in [0.1, 0.15) is 0 Å². The number of ether oxygens (including phenoxy) is 1. The van der Waals surface area contributed by atoms with E-state index < -0.39 is 0 Å². The Morgan fingerprint density at radius 1 is 1.44 bits per heavy atom. The summed E-state index contributed by atoms with van der Waals surface area (Å²) in [7, 11) is 0. The third kappa shape index (κ3) is 3.48. The lowest BCUT2D eigenvalue weighted by Gasteiger charge is -2.26. The average Bonchev–Trinajstić information content (AvgIpc) is 2.95. The predicted molar refractivity (Wildman–Crippen MR) is 73.8 cm³/mol. The number of anilines is 1. The van der Waals surface area contributed by atoms with Gasteiger partial charge in [0.25, 0.3) is 0 Å². The first-order valence-electron chi connectivity index (χ1n) is 7.10. The monoisotopic (exact) mass is 251 g/mol. The van der Waals surface area contributed by atoms with Gasteiger partial charge in [-0.3, -0.25) is 0 Å². The summed E-state index contributed by atoms with van der Waals surface area (Å²) in [6.07, 6.45) is 10.1. The summed E-state index contributed by atoms with van der Waals surface area (Å²) in [4.78, 5) is 4.43. The number of imidazole rings is 1. The molecule has 0 bridgehead atoms. The number of aromatic nitrogens is 2.